The predicted molar refractivity (Wildman–Crippen MR) is 107 cm³/mol. The first-order valence-corrected chi connectivity index (χ1v) is 10.1. The molecule has 2 aromatic carbocycles. The van der Waals surface area contributed by atoms with Crippen LogP contribution in [0.5, 0.6) is 11.5 Å². The molecule has 2 aromatic rings. The number of hydrogen-bond donors (Lipinski definition) is 1. The van der Waals surface area contributed by atoms with Gasteiger partial charge in [-0.25, -0.2) is 4.39 Å². The molecule has 0 radical (unpaired) electrons. The van der Waals surface area contributed by atoms with E-state index >= 15 is 0 Å². The van der Waals surface area contributed by atoms with Crippen molar-refractivity contribution >= 4 is 15.9 Å². The zero-order valence-electron chi connectivity index (χ0n) is 15.5. The van der Waals surface area contributed by atoms with Gasteiger partial charge in [-0.1, -0.05) is 18.2 Å². The van der Waals surface area contributed by atoms with Crippen molar-refractivity contribution in [3.8, 4) is 11.5 Å². The zero-order valence-corrected chi connectivity index (χ0v) is 17.1. The molecule has 27 heavy (non-hydrogen) atoms. The maximum Gasteiger partial charge on any atom is 0.175 e. The van der Waals surface area contributed by atoms with Crippen molar-refractivity contribution in [1.29, 1.82) is 0 Å². The molecule has 146 valence electrons. The lowest BCUT2D eigenvalue weighted by Gasteiger charge is -2.16. The minimum absolute atomic E-state index is 0.141. The smallest absolute Gasteiger partial charge is 0.175 e. The van der Waals surface area contributed by atoms with Crippen molar-refractivity contribution < 1.29 is 18.6 Å². The van der Waals surface area contributed by atoms with Gasteiger partial charge in [-0.3, -0.25) is 0 Å². The van der Waals surface area contributed by atoms with Crippen molar-refractivity contribution in [2.45, 2.75) is 39.0 Å². The Balaban J connectivity index is 1.66. The molecule has 1 aliphatic rings. The average molecular weight is 438 g/mol. The first kappa shape index (κ1) is 20.1. The molecule has 1 heterocycles. The Morgan fingerprint density at radius 2 is 2.11 bits per heavy atom. The summed E-state index contributed by atoms with van der Waals surface area (Å²) in [6.45, 7) is 5.01. The van der Waals surface area contributed by atoms with Crippen LogP contribution in [0.15, 0.2) is 40.9 Å². The molecule has 3 rings (SSSR count). The number of halogens is 2. The molecule has 1 saturated heterocycles. The van der Waals surface area contributed by atoms with E-state index in [4.69, 9.17) is 14.2 Å². The maximum absolute atomic E-state index is 13.8. The lowest BCUT2D eigenvalue weighted by Crippen LogP contribution is -2.25. The van der Waals surface area contributed by atoms with Crippen molar-refractivity contribution in [3.63, 3.8) is 0 Å². The largest absolute Gasteiger partial charge is 0.490 e. The fourth-order valence-electron chi connectivity index (χ4n) is 3.07. The van der Waals surface area contributed by atoms with E-state index in [1.807, 2.05) is 19.1 Å². The third-order valence-corrected chi connectivity index (χ3v) is 5.01. The van der Waals surface area contributed by atoms with E-state index in [2.05, 4.69) is 21.2 Å². The molecule has 6 heteroatoms. The van der Waals surface area contributed by atoms with Crippen LogP contribution in [0.1, 0.15) is 30.9 Å². The summed E-state index contributed by atoms with van der Waals surface area (Å²) in [5.74, 6) is 0.960. The number of hydrogen-bond acceptors (Lipinski definition) is 4. The second kappa shape index (κ2) is 10.1. The molecule has 0 aliphatic carbocycles. The summed E-state index contributed by atoms with van der Waals surface area (Å²) in [7, 11) is 0. The Kier molecular flexibility index (Phi) is 7.50. The van der Waals surface area contributed by atoms with E-state index in [0.29, 0.717) is 36.3 Å². The molecule has 0 unspecified atom stereocenters. The summed E-state index contributed by atoms with van der Waals surface area (Å²) in [6.07, 6.45) is 2.56. The highest BCUT2D eigenvalue weighted by molar-refractivity contribution is 9.10. The fourth-order valence-corrected chi connectivity index (χ4v) is 3.68. The Labute approximate surface area is 168 Å². The average Bonchev–Trinajstić information content (AvgIpc) is 3.16. The van der Waals surface area contributed by atoms with Crippen molar-refractivity contribution in [2.24, 2.45) is 0 Å². The summed E-state index contributed by atoms with van der Waals surface area (Å²) in [4.78, 5) is 0. The van der Waals surface area contributed by atoms with Gasteiger partial charge in [0.1, 0.15) is 12.4 Å². The number of benzene rings is 2. The number of ether oxygens (including phenoxy) is 3. The molecule has 0 bridgehead atoms. The Hall–Kier alpha value is -1.63. The SMILES string of the molecule is CCOc1cc(CNC[C@@H]2CCCO2)cc(Br)c1OCc1ccccc1F. The molecule has 1 N–H and O–H groups in total. The summed E-state index contributed by atoms with van der Waals surface area (Å²) >= 11 is 3.57. The van der Waals surface area contributed by atoms with Gasteiger partial charge in [0.15, 0.2) is 11.5 Å². The first-order valence-electron chi connectivity index (χ1n) is 9.31. The second-order valence-corrected chi connectivity index (χ2v) is 7.34. The Bertz CT molecular complexity index is 750. The van der Waals surface area contributed by atoms with Crippen LogP contribution >= 0.6 is 15.9 Å². The molecule has 0 aromatic heterocycles. The number of nitrogens with one attached hydrogen (secondary N) is 1. The van der Waals surface area contributed by atoms with Crippen molar-refractivity contribution in [3.05, 3.63) is 57.8 Å². The standard InChI is InChI=1S/C21H25BrFNO3/c1-2-25-20-11-15(12-24-13-17-7-5-9-26-17)10-18(22)21(20)27-14-16-6-3-4-8-19(16)23/h3-4,6,8,10-11,17,24H,2,5,7,9,12-14H2,1H3/t17-/m0/s1. The minimum Gasteiger partial charge on any atom is -0.490 e. The highest BCUT2D eigenvalue weighted by Gasteiger charge is 2.16. The van der Waals surface area contributed by atoms with Crippen LogP contribution in [0, 0.1) is 5.82 Å². The zero-order chi connectivity index (χ0) is 19.1. The monoisotopic (exact) mass is 437 g/mol. The normalized spacial score (nSPS) is 16.5. The molecular formula is C21H25BrFNO3. The van der Waals surface area contributed by atoms with Gasteiger partial charge < -0.3 is 19.5 Å². The maximum atomic E-state index is 13.8. The molecule has 1 aliphatic heterocycles. The van der Waals surface area contributed by atoms with E-state index in [1.54, 1.807) is 18.2 Å². The predicted octanol–water partition coefficient (Wildman–Crippen LogP) is 4.83. The van der Waals surface area contributed by atoms with Crippen LogP contribution in [0.25, 0.3) is 0 Å². The molecular weight excluding hydrogens is 413 g/mol. The van der Waals surface area contributed by atoms with E-state index in [9.17, 15) is 4.39 Å². The lowest BCUT2D eigenvalue weighted by atomic mass is 10.2. The van der Waals surface area contributed by atoms with Gasteiger partial charge in [-0.05, 0) is 59.5 Å². The highest BCUT2D eigenvalue weighted by Crippen LogP contribution is 2.37. The molecule has 0 amide bonds. The van der Waals surface area contributed by atoms with Crippen LogP contribution in [0.3, 0.4) is 0 Å². The first-order chi connectivity index (χ1) is 13.2. The molecule has 1 atom stereocenters. The van der Waals surface area contributed by atoms with Gasteiger partial charge >= 0.3 is 0 Å². The third kappa shape index (κ3) is 5.67. The van der Waals surface area contributed by atoms with Gasteiger partial charge in [0.05, 0.1) is 17.2 Å². The van der Waals surface area contributed by atoms with Crippen LogP contribution in [0.4, 0.5) is 4.39 Å². The van der Waals surface area contributed by atoms with Crippen LogP contribution < -0.4 is 14.8 Å². The summed E-state index contributed by atoms with van der Waals surface area (Å²) in [5, 5.41) is 3.43. The van der Waals surface area contributed by atoms with Gasteiger partial charge in [0.2, 0.25) is 0 Å². The Morgan fingerprint density at radius 1 is 1.26 bits per heavy atom. The summed E-state index contributed by atoms with van der Waals surface area (Å²) in [6, 6.07) is 10.6. The van der Waals surface area contributed by atoms with Gasteiger partial charge in [0, 0.05) is 25.3 Å². The third-order valence-electron chi connectivity index (χ3n) is 4.42. The van der Waals surface area contributed by atoms with E-state index < -0.39 is 0 Å². The lowest BCUT2D eigenvalue weighted by molar-refractivity contribution is 0.110. The van der Waals surface area contributed by atoms with Crippen molar-refractivity contribution in [1.82, 2.24) is 5.32 Å². The van der Waals surface area contributed by atoms with Gasteiger partial charge in [-0.2, -0.15) is 0 Å². The highest BCUT2D eigenvalue weighted by atomic mass is 79.9. The summed E-state index contributed by atoms with van der Waals surface area (Å²) in [5.41, 5.74) is 1.59. The molecule has 1 fully saturated rings. The van der Waals surface area contributed by atoms with Crippen LogP contribution in [0.2, 0.25) is 0 Å². The van der Waals surface area contributed by atoms with E-state index in [1.165, 1.54) is 6.07 Å². The van der Waals surface area contributed by atoms with Gasteiger partial charge in [0.25, 0.3) is 0 Å². The van der Waals surface area contributed by atoms with Gasteiger partial charge in [-0.15, -0.1) is 0 Å². The molecule has 0 spiro atoms. The number of rotatable bonds is 9. The van der Waals surface area contributed by atoms with E-state index in [0.717, 1.165) is 36.0 Å². The Morgan fingerprint density at radius 3 is 2.85 bits per heavy atom. The quantitative estimate of drug-likeness (QED) is 0.609. The van der Waals surface area contributed by atoms with Crippen LogP contribution in [-0.4, -0.2) is 25.9 Å². The molecule has 4 nitrogen and oxygen atoms in total. The summed E-state index contributed by atoms with van der Waals surface area (Å²) < 4.78 is 31.9. The molecule has 0 saturated carbocycles. The minimum atomic E-state index is -0.276. The van der Waals surface area contributed by atoms with E-state index in [-0.39, 0.29) is 12.4 Å². The fraction of sp³-hybridized carbons (Fsp3) is 0.429. The topological polar surface area (TPSA) is 39.7 Å². The second-order valence-electron chi connectivity index (χ2n) is 6.48. The van der Waals surface area contributed by atoms with Crippen molar-refractivity contribution in [2.75, 3.05) is 19.8 Å². The van der Waals surface area contributed by atoms with Crippen LogP contribution in [-0.2, 0) is 17.9 Å².